The molecule has 2 nitrogen and oxygen atoms in total. The number of halogens is 1. The first-order valence-electron chi connectivity index (χ1n) is 5.65. The molecule has 0 saturated carbocycles. The lowest BCUT2D eigenvalue weighted by Crippen LogP contribution is -1.92. The Bertz CT molecular complexity index is 517. The van der Waals surface area contributed by atoms with E-state index < -0.39 is 0 Å². The highest BCUT2D eigenvalue weighted by Gasteiger charge is 1.91. The van der Waals surface area contributed by atoms with Crippen LogP contribution in [-0.2, 0) is 0 Å². The molecular weight excluding hydrogens is 337 g/mol. The molecule has 0 bridgehead atoms. The van der Waals surface area contributed by atoms with Gasteiger partial charge in [0.25, 0.3) is 0 Å². The van der Waals surface area contributed by atoms with Crippen molar-refractivity contribution >= 4 is 40.4 Å². The molecule has 0 saturated heterocycles. The first kappa shape index (κ1) is 13.0. The van der Waals surface area contributed by atoms with E-state index in [2.05, 4.69) is 58.2 Å². The van der Waals surface area contributed by atoms with Crippen LogP contribution in [0, 0.1) is 0 Å². The highest BCUT2D eigenvalue weighted by molar-refractivity contribution is 14.1. The van der Waals surface area contributed by atoms with Gasteiger partial charge in [0.15, 0.2) is 0 Å². The van der Waals surface area contributed by atoms with Gasteiger partial charge in [-0.2, -0.15) is 0 Å². The smallest absolute Gasteiger partial charge is 0.115 e. The summed E-state index contributed by atoms with van der Waals surface area (Å²) >= 11 is 2.28. The second kappa shape index (κ2) is 6.44. The second-order valence-electron chi connectivity index (χ2n) is 3.86. The number of hydrogen-bond donors (Lipinski definition) is 2. The lowest BCUT2D eigenvalue weighted by atomic mass is 10.1. The predicted molar refractivity (Wildman–Crippen MR) is 86.0 cm³/mol. The van der Waals surface area contributed by atoms with Gasteiger partial charge in [-0.3, -0.25) is 0 Å². The molecule has 3 heteroatoms. The van der Waals surface area contributed by atoms with Crippen LogP contribution in [0.3, 0.4) is 0 Å². The summed E-state index contributed by atoms with van der Waals surface area (Å²) in [7, 11) is 0. The molecule has 0 spiro atoms. The number of rotatable bonds is 4. The van der Waals surface area contributed by atoms with Crippen molar-refractivity contribution in [1.82, 2.24) is 0 Å². The van der Waals surface area contributed by atoms with Gasteiger partial charge < -0.3 is 10.4 Å². The fourth-order valence-electron chi connectivity index (χ4n) is 1.57. The lowest BCUT2D eigenvalue weighted by Gasteiger charge is -2.01. The summed E-state index contributed by atoms with van der Waals surface area (Å²) in [5, 5.41) is 12.4. The summed E-state index contributed by atoms with van der Waals surface area (Å²) in [6.45, 7) is 0. The zero-order valence-corrected chi connectivity index (χ0v) is 12.0. The van der Waals surface area contributed by atoms with E-state index in [1.54, 1.807) is 12.1 Å². The van der Waals surface area contributed by atoms with E-state index in [1.807, 2.05) is 18.2 Å². The molecule has 0 unspecified atom stereocenters. The van der Waals surface area contributed by atoms with Crippen molar-refractivity contribution in [2.24, 2.45) is 0 Å². The molecule has 0 amide bonds. The van der Waals surface area contributed by atoms with E-state index in [9.17, 15) is 5.11 Å². The van der Waals surface area contributed by atoms with Gasteiger partial charge >= 0.3 is 0 Å². The molecule has 0 radical (unpaired) electrons. The van der Waals surface area contributed by atoms with E-state index >= 15 is 0 Å². The molecule has 0 aromatic heterocycles. The van der Waals surface area contributed by atoms with Crippen LogP contribution in [0.2, 0.25) is 0 Å². The zero-order valence-electron chi connectivity index (χ0n) is 9.81. The average Bonchev–Trinajstić information content (AvgIpc) is 2.40. The van der Waals surface area contributed by atoms with Gasteiger partial charge in [-0.05, 0) is 35.4 Å². The summed E-state index contributed by atoms with van der Waals surface area (Å²) in [5.74, 6) is 0.293. The van der Waals surface area contributed by atoms with Crippen LogP contribution in [0.1, 0.15) is 11.1 Å². The van der Waals surface area contributed by atoms with Crippen molar-refractivity contribution in [1.29, 1.82) is 0 Å². The number of phenolic OH excluding ortho intramolecular Hbond substituents is 1. The molecule has 2 aromatic carbocycles. The fraction of sp³-hybridized carbons (Fsp3) is 0.0667. The van der Waals surface area contributed by atoms with Gasteiger partial charge in [-0.25, -0.2) is 0 Å². The Balaban J connectivity index is 2.06. The number of hydrogen-bond acceptors (Lipinski definition) is 2. The minimum absolute atomic E-state index is 0.293. The number of aromatic hydroxyl groups is 1. The highest BCUT2D eigenvalue weighted by Crippen LogP contribution is 2.14. The zero-order chi connectivity index (χ0) is 12.8. The second-order valence-corrected chi connectivity index (χ2v) is 4.62. The van der Waals surface area contributed by atoms with E-state index in [1.165, 1.54) is 0 Å². The molecule has 0 aliphatic rings. The van der Waals surface area contributed by atoms with Crippen LogP contribution >= 0.6 is 22.6 Å². The summed E-state index contributed by atoms with van der Waals surface area (Å²) in [4.78, 5) is 0. The van der Waals surface area contributed by atoms with Crippen LogP contribution in [0.4, 0.5) is 5.69 Å². The minimum atomic E-state index is 0.293. The molecule has 2 rings (SSSR count). The molecule has 2 aromatic rings. The van der Waals surface area contributed by atoms with Crippen LogP contribution < -0.4 is 5.32 Å². The maximum absolute atomic E-state index is 9.19. The minimum Gasteiger partial charge on any atom is -0.508 e. The fourth-order valence-corrected chi connectivity index (χ4v) is 2.01. The summed E-state index contributed by atoms with van der Waals surface area (Å²) in [6, 6.07) is 15.4. The number of nitrogens with one attached hydrogen (secondary N) is 1. The van der Waals surface area contributed by atoms with Crippen molar-refractivity contribution in [2.75, 3.05) is 9.87 Å². The topological polar surface area (TPSA) is 32.3 Å². The maximum atomic E-state index is 9.19. The largest absolute Gasteiger partial charge is 0.508 e. The van der Waals surface area contributed by atoms with Gasteiger partial charge in [-0.15, -0.1) is 0 Å². The molecule has 2 N–H and O–H groups in total. The van der Waals surface area contributed by atoms with E-state index in [4.69, 9.17) is 0 Å². The third-order valence-electron chi connectivity index (χ3n) is 2.54. The Labute approximate surface area is 120 Å². The number of anilines is 1. The van der Waals surface area contributed by atoms with Gasteiger partial charge in [0, 0.05) is 5.69 Å². The predicted octanol–water partition coefficient (Wildman–Crippen LogP) is 4.37. The molecule has 0 atom stereocenters. The van der Waals surface area contributed by atoms with Gasteiger partial charge in [-0.1, -0.05) is 59.0 Å². The van der Waals surface area contributed by atoms with E-state index in [-0.39, 0.29) is 0 Å². The van der Waals surface area contributed by atoms with E-state index in [0.29, 0.717) is 5.75 Å². The number of benzene rings is 2. The molecule has 0 aliphatic heterocycles. The third-order valence-corrected chi connectivity index (χ3v) is 2.92. The number of phenols is 1. The Hall–Kier alpha value is -1.49. The van der Waals surface area contributed by atoms with Crippen molar-refractivity contribution in [3.8, 4) is 5.75 Å². The Morgan fingerprint density at radius 3 is 1.89 bits per heavy atom. The van der Waals surface area contributed by atoms with Crippen LogP contribution in [0.5, 0.6) is 5.75 Å². The Morgan fingerprint density at radius 2 is 1.39 bits per heavy atom. The van der Waals surface area contributed by atoms with Crippen LogP contribution in [-0.4, -0.2) is 9.66 Å². The van der Waals surface area contributed by atoms with Crippen molar-refractivity contribution in [3.05, 3.63) is 59.7 Å². The SMILES string of the molecule is Oc1ccc(/C=C/c2ccc(NCI)cc2)cc1. The molecule has 0 fully saturated rings. The third kappa shape index (κ3) is 3.77. The molecular formula is C15H14INO. The average molecular weight is 351 g/mol. The lowest BCUT2D eigenvalue weighted by molar-refractivity contribution is 0.475. The van der Waals surface area contributed by atoms with Crippen LogP contribution in [0.15, 0.2) is 48.5 Å². The van der Waals surface area contributed by atoms with Crippen molar-refractivity contribution in [3.63, 3.8) is 0 Å². The quantitative estimate of drug-likeness (QED) is 0.371. The summed E-state index contributed by atoms with van der Waals surface area (Å²) in [5.41, 5.74) is 3.36. The van der Waals surface area contributed by atoms with Gasteiger partial charge in [0.2, 0.25) is 0 Å². The van der Waals surface area contributed by atoms with Gasteiger partial charge in [0.05, 0.1) is 4.55 Å². The summed E-state index contributed by atoms with van der Waals surface area (Å²) < 4.78 is 0.903. The van der Waals surface area contributed by atoms with Gasteiger partial charge in [0.1, 0.15) is 5.75 Å². The van der Waals surface area contributed by atoms with Crippen LogP contribution in [0.25, 0.3) is 12.2 Å². The first-order chi connectivity index (χ1) is 8.78. The number of alkyl halides is 1. The Morgan fingerprint density at radius 1 is 0.889 bits per heavy atom. The summed E-state index contributed by atoms with van der Waals surface area (Å²) in [6.07, 6.45) is 4.08. The maximum Gasteiger partial charge on any atom is 0.115 e. The molecule has 18 heavy (non-hydrogen) atoms. The highest BCUT2D eigenvalue weighted by atomic mass is 127. The molecule has 0 aliphatic carbocycles. The first-order valence-corrected chi connectivity index (χ1v) is 7.17. The monoisotopic (exact) mass is 351 g/mol. The van der Waals surface area contributed by atoms with Crippen molar-refractivity contribution < 1.29 is 5.11 Å². The van der Waals surface area contributed by atoms with Crippen molar-refractivity contribution in [2.45, 2.75) is 0 Å². The standard InChI is InChI=1S/C15H14INO/c16-11-17-14-7-3-12(4-8-14)1-2-13-5-9-15(18)10-6-13/h1-10,17-18H,11H2/b2-1+. The van der Waals surface area contributed by atoms with E-state index in [0.717, 1.165) is 21.4 Å². The molecule has 92 valence electrons. The Kier molecular flexibility index (Phi) is 4.64. The molecule has 0 heterocycles. The normalized spacial score (nSPS) is 10.7.